The molecule has 3 aliphatic rings. The van der Waals surface area contributed by atoms with E-state index in [-0.39, 0.29) is 41.2 Å². The lowest BCUT2D eigenvalue weighted by Crippen LogP contribution is -2.67. The number of halogens is 2. The molecule has 76 heavy (non-hydrogen) atoms. The number of rotatable bonds is 20. The number of carbonyl (C=O) groups is 1. The first kappa shape index (κ1) is 55.3. The van der Waals surface area contributed by atoms with E-state index in [1.807, 2.05) is 67.0 Å². The number of nitrogens with one attached hydrogen (secondary N) is 1. The summed E-state index contributed by atoms with van der Waals surface area (Å²) in [5.41, 5.74) is 4.88. The van der Waals surface area contributed by atoms with Crippen molar-refractivity contribution >= 4 is 124 Å². The fourth-order valence-corrected chi connectivity index (χ4v) is 13.7. The third kappa shape index (κ3) is 11.7. The second-order valence-corrected chi connectivity index (χ2v) is 25.8. The van der Waals surface area contributed by atoms with Crippen molar-refractivity contribution in [2.24, 2.45) is 0 Å². The largest absolute Gasteiger partial charge is 0.497 e. The number of hydrogen-bond donors (Lipinski definition) is 4. The highest BCUT2D eigenvalue weighted by Crippen LogP contribution is 2.54. The van der Waals surface area contributed by atoms with Crippen LogP contribution in [0.15, 0.2) is 126 Å². The number of thiazole rings is 1. The zero-order valence-electron chi connectivity index (χ0n) is 41.3. The van der Waals surface area contributed by atoms with Gasteiger partial charge < -0.3 is 23.9 Å². The second-order valence-electron chi connectivity index (χ2n) is 18.3. The summed E-state index contributed by atoms with van der Waals surface area (Å²) < 4.78 is 133. The number of amides is 1. The third-order valence-electron chi connectivity index (χ3n) is 13.4. The van der Waals surface area contributed by atoms with Gasteiger partial charge in [0.1, 0.15) is 17.0 Å². The molecule has 2 atom stereocenters. The molecule has 0 radical (unpaired) electrons. The Labute approximate surface area is 460 Å². The molecule has 1 spiro atoms. The average molecular weight is 1250 g/mol. The van der Waals surface area contributed by atoms with E-state index in [0.717, 1.165) is 25.6 Å². The van der Waals surface area contributed by atoms with E-state index in [9.17, 15) is 43.7 Å². The van der Waals surface area contributed by atoms with Crippen LogP contribution in [0.1, 0.15) is 63.3 Å². The molecule has 6 aromatic rings. The van der Waals surface area contributed by atoms with Crippen LogP contribution in [0, 0.1) is 0 Å². The number of quaternary nitrogens is 1. The van der Waals surface area contributed by atoms with Crippen molar-refractivity contribution in [2.75, 3.05) is 37.4 Å². The van der Waals surface area contributed by atoms with Crippen molar-refractivity contribution in [2.45, 2.75) is 75.7 Å². The van der Waals surface area contributed by atoms with E-state index < -0.39 is 41.5 Å². The molecule has 2 unspecified atom stereocenters. The number of unbranched alkanes of at least 4 members (excludes halogenated alkanes) is 1. The number of aromatic nitrogens is 2. The van der Waals surface area contributed by atoms with Gasteiger partial charge in [0.05, 0.1) is 42.5 Å². The predicted molar refractivity (Wildman–Crippen MR) is 294 cm³/mol. The number of oxazole rings is 1. The molecule has 0 aliphatic carbocycles. The number of hydrogen-bond acceptors (Lipinski definition) is 13. The van der Waals surface area contributed by atoms with Crippen LogP contribution in [-0.2, 0) is 48.2 Å². The predicted octanol–water partition coefficient (Wildman–Crippen LogP) is 9.06. The van der Waals surface area contributed by atoms with Crippen molar-refractivity contribution in [3.8, 4) is 17.2 Å². The SMILES string of the molecule is CCC(=Cc1oc2ccc(Br)cc2[n+]1CCCCNC(=O)CN1C(=CC(=Cc2sc3cc(S(=O)(=O)O)ccc3[n+]2CCCS(=O)(=O)O)CC)Oc2ccc(OC)cc21)C=C1Oc2ccc(Br)cc2[N+]12CCC2S(=O)(=O)O. The fraction of sp³-hybridized carbons (Fsp3) is 0.314. The lowest BCUT2D eigenvalue weighted by atomic mass is 10.1. The van der Waals surface area contributed by atoms with Gasteiger partial charge in [-0.05, 0) is 78.9 Å². The first-order valence-corrected chi connectivity index (χ1v) is 31.1. The Kier molecular flexibility index (Phi) is 16.1. The molecule has 1 saturated heterocycles. The van der Waals surface area contributed by atoms with Crippen molar-refractivity contribution < 1.29 is 71.5 Å². The van der Waals surface area contributed by atoms with E-state index in [1.54, 1.807) is 42.4 Å². The maximum Gasteiger partial charge on any atom is 0.374 e. The maximum atomic E-state index is 13.9. The summed E-state index contributed by atoms with van der Waals surface area (Å²) in [5.74, 6) is 2.09. The molecule has 19 nitrogen and oxygen atoms in total. The lowest BCUT2D eigenvalue weighted by Gasteiger charge is -2.45. The molecule has 4 N–H and O–H groups in total. The Balaban J connectivity index is 0.926. The van der Waals surface area contributed by atoms with Crippen LogP contribution in [0.5, 0.6) is 17.2 Å². The lowest BCUT2D eigenvalue weighted by molar-refractivity contribution is -0.678. The first-order valence-electron chi connectivity index (χ1n) is 24.2. The molecule has 3 aliphatic heterocycles. The van der Waals surface area contributed by atoms with Gasteiger partial charge in [-0.3, -0.25) is 23.4 Å². The first-order chi connectivity index (χ1) is 36.1. The van der Waals surface area contributed by atoms with Gasteiger partial charge in [0.25, 0.3) is 30.8 Å². The molecule has 0 saturated carbocycles. The Hall–Kier alpha value is -5.48. The zero-order chi connectivity index (χ0) is 54.3. The summed E-state index contributed by atoms with van der Waals surface area (Å²) in [7, 11) is -11.7. The Bertz CT molecular complexity index is 3780. The summed E-state index contributed by atoms with van der Waals surface area (Å²) in [6, 6.07) is 20.6. The molecule has 1 amide bonds. The molecule has 9 rings (SSSR count). The smallest absolute Gasteiger partial charge is 0.374 e. The maximum absolute atomic E-state index is 13.9. The third-order valence-corrected chi connectivity index (χ3v) is 18.4. The number of ether oxygens (including phenoxy) is 3. The van der Waals surface area contributed by atoms with Gasteiger partial charge in [0.2, 0.25) is 28.3 Å². The molecule has 0 bridgehead atoms. The molecule has 5 heterocycles. The number of nitrogens with zero attached hydrogens (tertiary/aromatic N) is 4. The molecule has 1 fully saturated rings. The average Bonchev–Trinajstić information content (AvgIpc) is 4.17. The second kappa shape index (κ2) is 22.1. The van der Waals surface area contributed by atoms with Crippen LogP contribution in [0.3, 0.4) is 0 Å². The number of benzene rings is 4. The summed E-state index contributed by atoms with van der Waals surface area (Å²) in [4.78, 5) is 15.3. The molecular formula is C51H54Br2N5O14S4+3. The molecule has 2 aromatic heterocycles. The monoisotopic (exact) mass is 1250 g/mol. The fourth-order valence-electron chi connectivity index (χ4n) is 9.57. The number of allylic oxidation sites excluding steroid dienone is 4. The molecule has 4 aromatic carbocycles. The Morgan fingerprint density at radius 2 is 1.57 bits per heavy atom. The number of carbonyl (C=O) groups excluding carboxylic acids is 1. The van der Waals surface area contributed by atoms with Crippen molar-refractivity contribution in [1.29, 1.82) is 0 Å². The van der Waals surface area contributed by atoms with Gasteiger partial charge in [-0.2, -0.15) is 34.4 Å². The molecular weight excluding hydrogens is 1190 g/mol. The number of anilines is 1. The van der Waals surface area contributed by atoms with Crippen LogP contribution in [0.4, 0.5) is 11.4 Å². The standard InChI is InChI=1S/C51H51Br2N5O14S4/c1-4-32(25-49-56(20-8-22-74(60,61)62)38-13-12-37(75(63,64)65)30-45(38)73-49)23-48-57(40-29-36(69-3)11-16-43(40)71-48)31-46(59)54-18-6-7-19-55-39-27-34(52)9-14-42(39)70-47(55)24-33(5-2)26-50-58(21-17-51(58)76(66,67)68)41-28-35(53)10-15-44(41)72-50/h9-16,23-30,51H,4-8,17-22,31H2,1-3H3,(H-3,54,59,60,61,62,63,64,65,66,67,68)/p+3. The van der Waals surface area contributed by atoms with Crippen LogP contribution >= 0.6 is 43.2 Å². The van der Waals surface area contributed by atoms with Gasteiger partial charge in [0.15, 0.2) is 30.3 Å². The summed E-state index contributed by atoms with van der Waals surface area (Å²) >= 11 is 8.34. The van der Waals surface area contributed by atoms with E-state index >= 15 is 0 Å². The van der Waals surface area contributed by atoms with Crippen molar-refractivity contribution in [3.63, 3.8) is 0 Å². The number of fused-ring (bicyclic) bond motifs is 5. The highest BCUT2D eigenvalue weighted by molar-refractivity contribution is 9.10. The van der Waals surface area contributed by atoms with Crippen LogP contribution in [0.2, 0.25) is 0 Å². The van der Waals surface area contributed by atoms with Gasteiger partial charge in [-0.15, -0.1) is 0 Å². The highest BCUT2D eigenvalue weighted by Gasteiger charge is 2.63. The summed E-state index contributed by atoms with van der Waals surface area (Å²) in [5, 5.41) is 2.57. The van der Waals surface area contributed by atoms with E-state index in [2.05, 4.69) is 41.7 Å². The van der Waals surface area contributed by atoms with Crippen LogP contribution in [-0.4, -0.2) is 82.7 Å². The molecule has 25 heteroatoms. The number of aryl methyl sites for hydroxylation is 2. The Morgan fingerprint density at radius 1 is 0.842 bits per heavy atom. The normalized spacial score (nSPS) is 18.8. The summed E-state index contributed by atoms with van der Waals surface area (Å²) in [6.07, 6.45) is 10.00. The zero-order valence-corrected chi connectivity index (χ0v) is 47.7. The highest BCUT2D eigenvalue weighted by atomic mass is 79.9. The van der Waals surface area contributed by atoms with Crippen molar-refractivity contribution in [3.05, 3.63) is 128 Å². The van der Waals surface area contributed by atoms with Crippen LogP contribution in [0.25, 0.3) is 33.5 Å². The van der Waals surface area contributed by atoms with Gasteiger partial charge in [-0.25, -0.2) is 4.48 Å². The minimum atomic E-state index is -4.51. The van der Waals surface area contributed by atoms with E-state index in [0.29, 0.717) is 112 Å². The topological polar surface area (TPSA) is 244 Å². The van der Waals surface area contributed by atoms with Gasteiger partial charge in [0, 0.05) is 70.8 Å². The van der Waals surface area contributed by atoms with Gasteiger partial charge >= 0.3 is 21.9 Å². The van der Waals surface area contributed by atoms with Gasteiger partial charge in [-0.1, -0.05) is 57.0 Å². The molecule has 402 valence electrons. The van der Waals surface area contributed by atoms with E-state index in [4.69, 9.17) is 18.6 Å². The minimum absolute atomic E-state index is 0.0625. The Morgan fingerprint density at radius 3 is 2.26 bits per heavy atom. The van der Waals surface area contributed by atoms with Crippen LogP contribution < -0.4 is 38.0 Å². The van der Waals surface area contributed by atoms with E-state index in [1.165, 1.54) is 29.5 Å². The minimum Gasteiger partial charge on any atom is -0.497 e. The quantitative estimate of drug-likeness (QED) is 0.0241. The van der Waals surface area contributed by atoms with Crippen molar-refractivity contribution in [1.82, 2.24) is 9.80 Å². The number of methoxy groups -OCH3 is 1. The summed E-state index contributed by atoms with van der Waals surface area (Å²) in [6.45, 7) is 5.25.